The SMILES string of the molecule is Cc1cc2oc3ccccc3c(=O)c2c2ccc(C(=O)c3ccccc3O)cc12. The van der Waals surface area contributed by atoms with Crippen molar-refractivity contribution in [2.45, 2.75) is 6.92 Å². The topological polar surface area (TPSA) is 67.5 Å². The van der Waals surface area contributed by atoms with Crippen molar-refractivity contribution >= 4 is 38.5 Å². The van der Waals surface area contributed by atoms with Crippen molar-refractivity contribution in [3.05, 3.63) is 99.7 Å². The van der Waals surface area contributed by atoms with E-state index in [2.05, 4.69) is 0 Å². The highest BCUT2D eigenvalue weighted by Crippen LogP contribution is 2.30. The molecule has 0 saturated heterocycles. The third-order valence-electron chi connectivity index (χ3n) is 5.30. The maximum absolute atomic E-state index is 13.1. The lowest BCUT2D eigenvalue weighted by molar-refractivity contribution is 0.103. The first kappa shape index (κ1) is 17.2. The Morgan fingerprint density at radius 1 is 0.828 bits per heavy atom. The smallest absolute Gasteiger partial charge is 0.201 e. The Balaban J connectivity index is 1.80. The van der Waals surface area contributed by atoms with Crippen molar-refractivity contribution in [2.75, 3.05) is 0 Å². The monoisotopic (exact) mass is 380 g/mol. The molecule has 1 heterocycles. The molecule has 5 aromatic rings. The van der Waals surface area contributed by atoms with Crippen LogP contribution in [0.4, 0.5) is 0 Å². The van der Waals surface area contributed by atoms with Gasteiger partial charge in [-0.3, -0.25) is 9.59 Å². The molecule has 29 heavy (non-hydrogen) atoms. The number of rotatable bonds is 2. The molecule has 140 valence electrons. The summed E-state index contributed by atoms with van der Waals surface area (Å²) in [6, 6.07) is 20.7. The van der Waals surface area contributed by atoms with Crippen molar-refractivity contribution in [1.29, 1.82) is 0 Å². The molecule has 0 amide bonds. The van der Waals surface area contributed by atoms with Gasteiger partial charge in [0.25, 0.3) is 0 Å². The van der Waals surface area contributed by atoms with Gasteiger partial charge in [-0.1, -0.05) is 36.4 Å². The molecule has 4 heteroatoms. The maximum Gasteiger partial charge on any atom is 0.201 e. The number of para-hydroxylation sites is 2. The first-order chi connectivity index (χ1) is 14.0. The molecule has 5 rings (SSSR count). The minimum atomic E-state index is -0.268. The summed E-state index contributed by atoms with van der Waals surface area (Å²) in [7, 11) is 0. The van der Waals surface area contributed by atoms with Crippen LogP contribution in [0.25, 0.3) is 32.7 Å². The van der Waals surface area contributed by atoms with Gasteiger partial charge in [-0.2, -0.15) is 0 Å². The van der Waals surface area contributed by atoms with Crippen molar-refractivity contribution < 1.29 is 14.3 Å². The standard InChI is InChI=1S/C25H16O4/c1-14-12-22-23(25(28)18-7-3-5-9-21(18)29-22)16-11-10-15(13-19(14)16)24(27)17-6-2-4-8-20(17)26/h2-13,26H,1H3. The van der Waals surface area contributed by atoms with Crippen LogP contribution in [0, 0.1) is 6.92 Å². The van der Waals surface area contributed by atoms with Gasteiger partial charge in [-0.05, 0) is 59.7 Å². The number of ketones is 1. The molecule has 0 aliphatic carbocycles. The minimum Gasteiger partial charge on any atom is -0.507 e. The van der Waals surface area contributed by atoms with Gasteiger partial charge in [0.15, 0.2) is 5.78 Å². The van der Waals surface area contributed by atoms with Crippen LogP contribution in [0.2, 0.25) is 0 Å². The molecule has 0 saturated carbocycles. The fourth-order valence-electron chi connectivity index (χ4n) is 3.84. The summed E-state index contributed by atoms with van der Waals surface area (Å²) in [5, 5.41) is 12.6. The van der Waals surface area contributed by atoms with Crippen molar-refractivity contribution in [3.63, 3.8) is 0 Å². The van der Waals surface area contributed by atoms with Gasteiger partial charge in [-0.25, -0.2) is 0 Å². The number of phenols is 1. The van der Waals surface area contributed by atoms with E-state index in [-0.39, 0.29) is 22.5 Å². The van der Waals surface area contributed by atoms with Crippen LogP contribution < -0.4 is 5.43 Å². The van der Waals surface area contributed by atoms with E-state index in [1.165, 1.54) is 6.07 Å². The van der Waals surface area contributed by atoms with Crippen LogP contribution in [-0.2, 0) is 0 Å². The van der Waals surface area contributed by atoms with Gasteiger partial charge in [-0.15, -0.1) is 0 Å². The molecule has 0 atom stereocenters. The zero-order valence-electron chi connectivity index (χ0n) is 15.6. The molecule has 0 unspecified atom stereocenters. The number of phenolic OH excluding ortho intramolecular Hbond substituents is 1. The molecular weight excluding hydrogens is 364 g/mol. The third-order valence-corrected chi connectivity index (χ3v) is 5.30. The quantitative estimate of drug-likeness (QED) is 0.255. The molecule has 0 bridgehead atoms. The molecule has 1 aromatic heterocycles. The Labute approximate surface area is 165 Å². The first-order valence-corrected chi connectivity index (χ1v) is 9.26. The number of carbonyl (C=O) groups excluding carboxylic acids is 1. The van der Waals surface area contributed by atoms with E-state index < -0.39 is 0 Å². The molecule has 4 nitrogen and oxygen atoms in total. The molecular formula is C25H16O4. The summed E-state index contributed by atoms with van der Waals surface area (Å²) < 4.78 is 5.98. The molecule has 0 radical (unpaired) electrons. The molecule has 4 aromatic carbocycles. The van der Waals surface area contributed by atoms with Crippen LogP contribution >= 0.6 is 0 Å². The largest absolute Gasteiger partial charge is 0.507 e. The number of fused-ring (bicyclic) bond motifs is 4. The highest BCUT2D eigenvalue weighted by atomic mass is 16.3. The second-order valence-electron chi connectivity index (χ2n) is 7.10. The van der Waals surface area contributed by atoms with E-state index in [1.807, 2.05) is 25.1 Å². The summed E-state index contributed by atoms with van der Waals surface area (Å²) >= 11 is 0. The predicted octanol–water partition coefficient (Wildman–Crippen LogP) is 5.34. The summed E-state index contributed by atoms with van der Waals surface area (Å²) in [5.74, 6) is -0.324. The lowest BCUT2D eigenvalue weighted by atomic mass is 9.95. The van der Waals surface area contributed by atoms with Gasteiger partial charge >= 0.3 is 0 Å². The Morgan fingerprint density at radius 2 is 1.59 bits per heavy atom. The lowest BCUT2D eigenvalue weighted by Gasteiger charge is -2.10. The van der Waals surface area contributed by atoms with E-state index in [9.17, 15) is 14.7 Å². The highest BCUT2D eigenvalue weighted by Gasteiger charge is 2.17. The minimum absolute atomic E-state index is 0.0556. The van der Waals surface area contributed by atoms with Gasteiger partial charge in [0.2, 0.25) is 5.43 Å². The lowest BCUT2D eigenvalue weighted by Crippen LogP contribution is -2.05. The first-order valence-electron chi connectivity index (χ1n) is 9.26. The Kier molecular flexibility index (Phi) is 3.74. The van der Waals surface area contributed by atoms with Gasteiger partial charge in [0.1, 0.15) is 16.9 Å². The zero-order chi connectivity index (χ0) is 20.1. The fraction of sp³-hybridized carbons (Fsp3) is 0.0400. The van der Waals surface area contributed by atoms with Crippen LogP contribution in [0.5, 0.6) is 5.75 Å². The van der Waals surface area contributed by atoms with Crippen LogP contribution in [0.3, 0.4) is 0 Å². The number of hydrogen-bond donors (Lipinski definition) is 1. The Morgan fingerprint density at radius 3 is 2.41 bits per heavy atom. The molecule has 0 spiro atoms. The molecule has 0 aliphatic rings. The number of hydrogen-bond acceptors (Lipinski definition) is 4. The van der Waals surface area contributed by atoms with Crippen LogP contribution in [0.1, 0.15) is 21.5 Å². The van der Waals surface area contributed by atoms with Crippen LogP contribution in [0.15, 0.2) is 82.0 Å². The number of benzene rings is 4. The molecule has 1 N–H and O–H groups in total. The van der Waals surface area contributed by atoms with Gasteiger partial charge < -0.3 is 9.52 Å². The Bertz CT molecular complexity index is 1510. The predicted molar refractivity (Wildman–Crippen MR) is 114 cm³/mol. The van der Waals surface area contributed by atoms with Crippen molar-refractivity contribution in [3.8, 4) is 5.75 Å². The van der Waals surface area contributed by atoms with Crippen molar-refractivity contribution in [1.82, 2.24) is 0 Å². The fourth-order valence-corrected chi connectivity index (χ4v) is 3.84. The summed E-state index contributed by atoms with van der Waals surface area (Å²) in [6.07, 6.45) is 0. The van der Waals surface area contributed by atoms with Crippen LogP contribution in [-0.4, -0.2) is 10.9 Å². The summed E-state index contributed by atoms with van der Waals surface area (Å²) in [5.41, 5.74) is 2.58. The van der Waals surface area contributed by atoms with E-state index in [1.54, 1.807) is 48.5 Å². The van der Waals surface area contributed by atoms with E-state index in [0.717, 1.165) is 16.3 Å². The highest BCUT2D eigenvalue weighted by molar-refractivity contribution is 6.15. The second-order valence-corrected chi connectivity index (χ2v) is 7.10. The average Bonchev–Trinajstić information content (AvgIpc) is 2.73. The average molecular weight is 380 g/mol. The second kappa shape index (κ2) is 6.31. The number of aromatic hydroxyl groups is 1. The van der Waals surface area contributed by atoms with Gasteiger partial charge in [0, 0.05) is 5.56 Å². The normalized spacial score (nSPS) is 11.3. The molecule has 0 aliphatic heterocycles. The number of aryl methyl sites for hydroxylation is 1. The van der Waals surface area contributed by atoms with Gasteiger partial charge in [0.05, 0.1) is 16.3 Å². The van der Waals surface area contributed by atoms with Crippen molar-refractivity contribution in [2.24, 2.45) is 0 Å². The van der Waals surface area contributed by atoms with E-state index in [0.29, 0.717) is 27.5 Å². The number of carbonyl (C=O) groups is 1. The third kappa shape index (κ3) is 2.61. The summed E-state index contributed by atoms with van der Waals surface area (Å²) in [4.78, 5) is 26.0. The summed E-state index contributed by atoms with van der Waals surface area (Å²) in [6.45, 7) is 1.92. The van der Waals surface area contributed by atoms with E-state index in [4.69, 9.17) is 4.42 Å². The molecule has 0 fully saturated rings. The maximum atomic E-state index is 13.1. The van der Waals surface area contributed by atoms with E-state index >= 15 is 0 Å². The zero-order valence-corrected chi connectivity index (χ0v) is 15.6. The Hall–Kier alpha value is -3.92.